The van der Waals surface area contributed by atoms with Crippen LogP contribution in [-0.4, -0.2) is 14.6 Å². The van der Waals surface area contributed by atoms with E-state index in [9.17, 15) is 0 Å². The van der Waals surface area contributed by atoms with E-state index in [0.29, 0.717) is 0 Å². The third-order valence-electron chi connectivity index (χ3n) is 2.33. The number of fused-ring (bicyclic) bond motifs is 1. The third kappa shape index (κ3) is 1.20. The molecular formula is C10H13N3. The lowest BCUT2D eigenvalue weighted by molar-refractivity contribution is 0.851. The number of rotatable bonds is 1. The normalized spacial score (nSPS) is 11.0. The average molecular weight is 175 g/mol. The molecule has 0 spiro atoms. The Morgan fingerprint density at radius 2 is 2.15 bits per heavy atom. The van der Waals surface area contributed by atoms with Gasteiger partial charge in [-0.25, -0.2) is 9.50 Å². The summed E-state index contributed by atoms with van der Waals surface area (Å²) >= 11 is 0. The van der Waals surface area contributed by atoms with Crippen molar-refractivity contribution in [1.29, 1.82) is 0 Å². The van der Waals surface area contributed by atoms with Gasteiger partial charge in [-0.05, 0) is 25.8 Å². The maximum Gasteiger partial charge on any atom is 0.155 e. The van der Waals surface area contributed by atoms with Gasteiger partial charge in [0.1, 0.15) is 0 Å². The van der Waals surface area contributed by atoms with Gasteiger partial charge in [-0.15, -0.1) is 0 Å². The fourth-order valence-corrected chi connectivity index (χ4v) is 1.55. The number of hydrogen-bond donors (Lipinski definition) is 0. The van der Waals surface area contributed by atoms with E-state index in [1.54, 1.807) is 0 Å². The highest BCUT2D eigenvalue weighted by molar-refractivity contribution is 5.41. The van der Waals surface area contributed by atoms with Crippen molar-refractivity contribution >= 4 is 5.65 Å². The molecule has 0 unspecified atom stereocenters. The van der Waals surface area contributed by atoms with Gasteiger partial charge in [-0.3, -0.25) is 0 Å². The molecule has 3 nitrogen and oxygen atoms in total. The van der Waals surface area contributed by atoms with Crippen molar-refractivity contribution in [1.82, 2.24) is 14.6 Å². The van der Waals surface area contributed by atoms with E-state index in [2.05, 4.69) is 23.9 Å². The standard InChI is InChI=1S/C10H13N3/c1-4-9-6-11-10-5-7(2)12-13(10)8(9)3/h5-6H,4H2,1-3H3. The first-order valence-corrected chi connectivity index (χ1v) is 4.53. The van der Waals surface area contributed by atoms with Crippen molar-refractivity contribution in [2.24, 2.45) is 0 Å². The summed E-state index contributed by atoms with van der Waals surface area (Å²) in [7, 11) is 0. The van der Waals surface area contributed by atoms with Gasteiger partial charge in [0.05, 0.1) is 5.69 Å². The van der Waals surface area contributed by atoms with Crippen molar-refractivity contribution in [3.8, 4) is 0 Å². The van der Waals surface area contributed by atoms with Crippen LogP contribution in [0.15, 0.2) is 12.3 Å². The van der Waals surface area contributed by atoms with Gasteiger partial charge in [0, 0.05) is 18.0 Å². The van der Waals surface area contributed by atoms with Crippen LogP contribution in [0.2, 0.25) is 0 Å². The largest absolute Gasteiger partial charge is 0.237 e. The van der Waals surface area contributed by atoms with Gasteiger partial charge in [0.25, 0.3) is 0 Å². The highest BCUT2D eigenvalue weighted by atomic mass is 15.3. The first kappa shape index (κ1) is 8.23. The van der Waals surface area contributed by atoms with Crippen molar-refractivity contribution in [2.75, 3.05) is 0 Å². The summed E-state index contributed by atoms with van der Waals surface area (Å²) in [6.45, 7) is 6.20. The van der Waals surface area contributed by atoms with Crippen LogP contribution in [-0.2, 0) is 6.42 Å². The predicted molar refractivity (Wildman–Crippen MR) is 51.8 cm³/mol. The Labute approximate surface area is 77.4 Å². The fourth-order valence-electron chi connectivity index (χ4n) is 1.55. The van der Waals surface area contributed by atoms with E-state index in [1.807, 2.05) is 23.7 Å². The van der Waals surface area contributed by atoms with Gasteiger partial charge in [0.2, 0.25) is 0 Å². The Morgan fingerprint density at radius 3 is 2.85 bits per heavy atom. The van der Waals surface area contributed by atoms with Crippen molar-refractivity contribution in [3.05, 3.63) is 29.2 Å². The molecule has 13 heavy (non-hydrogen) atoms. The average Bonchev–Trinajstić information content (AvgIpc) is 2.47. The van der Waals surface area contributed by atoms with E-state index >= 15 is 0 Å². The Hall–Kier alpha value is -1.38. The number of aromatic nitrogens is 3. The first-order valence-electron chi connectivity index (χ1n) is 4.53. The molecule has 2 aromatic rings. The maximum absolute atomic E-state index is 4.38. The van der Waals surface area contributed by atoms with Crippen molar-refractivity contribution < 1.29 is 0 Å². The molecule has 0 radical (unpaired) electrons. The lowest BCUT2D eigenvalue weighted by atomic mass is 10.2. The second kappa shape index (κ2) is 2.83. The molecule has 3 heteroatoms. The molecule has 0 saturated heterocycles. The Balaban J connectivity index is 2.78. The van der Waals surface area contributed by atoms with Crippen LogP contribution in [0, 0.1) is 13.8 Å². The minimum absolute atomic E-state index is 0.937. The van der Waals surface area contributed by atoms with E-state index in [1.165, 1.54) is 11.3 Å². The second-order valence-electron chi connectivity index (χ2n) is 3.28. The topological polar surface area (TPSA) is 30.2 Å². The molecular weight excluding hydrogens is 162 g/mol. The monoisotopic (exact) mass is 175 g/mol. The molecule has 0 N–H and O–H groups in total. The van der Waals surface area contributed by atoms with Crippen LogP contribution in [0.25, 0.3) is 5.65 Å². The Bertz CT molecular complexity index is 443. The van der Waals surface area contributed by atoms with Crippen molar-refractivity contribution in [2.45, 2.75) is 27.2 Å². The molecule has 0 atom stereocenters. The van der Waals surface area contributed by atoms with Crippen LogP contribution < -0.4 is 0 Å². The lowest BCUT2D eigenvalue weighted by Gasteiger charge is -2.03. The molecule has 0 aliphatic carbocycles. The Morgan fingerprint density at radius 1 is 1.38 bits per heavy atom. The van der Waals surface area contributed by atoms with Gasteiger partial charge in [-0.1, -0.05) is 6.92 Å². The van der Waals surface area contributed by atoms with Gasteiger partial charge in [0.15, 0.2) is 5.65 Å². The molecule has 2 heterocycles. The minimum atomic E-state index is 0.937. The predicted octanol–water partition coefficient (Wildman–Crippen LogP) is 1.91. The van der Waals surface area contributed by atoms with Crippen LogP contribution in [0.4, 0.5) is 0 Å². The van der Waals surface area contributed by atoms with Crippen LogP contribution in [0.3, 0.4) is 0 Å². The molecule has 2 rings (SSSR count). The molecule has 68 valence electrons. The summed E-state index contributed by atoms with van der Waals surface area (Å²) in [6.07, 6.45) is 2.94. The Kier molecular flexibility index (Phi) is 1.79. The van der Waals surface area contributed by atoms with Crippen LogP contribution in [0.1, 0.15) is 23.9 Å². The number of aryl methyl sites for hydroxylation is 3. The SMILES string of the molecule is CCc1cnc2cc(C)nn2c1C. The molecule has 0 saturated carbocycles. The molecule has 0 aromatic carbocycles. The molecule has 0 fully saturated rings. The number of nitrogens with zero attached hydrogens (tertiary/aromatic N) is 3. The van der Waals surface area contributed by atoms with E-state index in [4.69, 9.17) is 0 Å². The maximum atomic E-state index is 4.38. The zero-order chi connectivity index (χ0) is 9.42. The van der Waals surface area contributed by atoms with E-state index in [0.717, 1.165) is 17.8 Å². The molecule has 0 amide bonds. The summed E-state index contributed by atoms with van der Waals surface area (Å²) in [5.74, 6) is 0. The quantitative estimate of drug-likeness (QED) is 0.662. The number of hydrogen-bond acceptors (Lipinski definition) is 2. The highest BCUT2D eigenvalue weighted by Crippen LogP contribution is 2.10. The van der Waals surface area contributed by atoms with E-state index < -0.39 is 0 Å². The van der Waals surface area contributed by atoms with Crippen LogP contribution in [0.5, 0.6) is 0 Å². The molecule has 0 aliphatic rings. The first-order chi connectivity index (χ1) is 6.22. The molecule has 0 aliphatic heterocycles. The molecule has 0 bridgehead atoms. The van der Waals surface area contributed by atoms with Gasteiger partial charge < -0.3 is 0 Å². The summed E-state index contributed by atoms with van der Waals surface area (Å²) in [6, 6.07) is 1.99. The summed E-state index contributed by atoms with van der Waals surface area (Å²) in [4.78, 5) is 4.33. The lowest BCUT2D eigenvalue weighted by Crippen LogP contribution is -2.00. The third-order valence-corrected chi connectivity index (χ3v) is 2.33. The summed E-state index contributed by atoms with van der Waals surface area (Å²) < 4.78 is 1.91. The fraction of sp³-hybridized carbons (Fsp3) is 0.400. The summed E-state index contributed by atoms with van der Waals surface area (Å²) in [5.41, 5.74) is 4.41. The van der Waals surface area contributed by atoms with E-state index in [-0.39, 0.29) is 0 Å². The van der Waals surface area contributed by atoms with Gasteiger partial charge >= 0.3 is 0 Å². The van der Waals surface area contributed by atoms with Crippen LogP contribution >= 0.6 is 0 Å². The second-order valence-corrected chi connectivity index (χ2v) is 3.28. The zero-order valence-electron chi connectivity index (χ0n) is 8.20. The minimum Gasteiger partial charge on any atom is -0.237 e. The van der Waals surface area contributed by atoms with Crippen molar-refractivity contribution in [3.63, 3.8) is 0 Å². The molecule has 2 aromatic heterocycles. The van der Waals surface area contributed by atoms with Gasteiger partial charge in [-0.2, -0.15) is 5.10 Å². The smallest absolute Gasteiger partial charge is 0.155 e. The highest BCUT2D eigenvalue weighted by Gasteiger charge is 2.04. The zero-order valence-corrected chi connectivity index (χ0v) is 8.20. The summed E-state index contributed by atoms with van der Waals surface area (Å²) in [5, 5.41) is 4.38.